The van der Waals surface area contributed by atoms with E-state index in [1.54, 1.807) is 15.9 Å². The lowest BCUT2D eigenvalue weighted by Crippen LogP contribution is -2.59. The minimum atomic E-state index is -1.10. The highest BCUT2D eigenvalue weighted by molar-refractivity contribution is 5.98. The smallest absolute Gasteiger partial charge is 0.312 e. The summed E-state index contributed by atoms with van der Waals surface area (Å²) in [4.78, 5) is 44.6. The third-order valence-corrected chi connectivity index (χ3v) is 8.13. The zero-order valence-electron chi connectivity index (χ0n) is 21.5. The Morgan fingerprint density at radius 2 is 2.06 bits per heavy atom. The zero-order chi connectivity index (χ0) is 25.8. The van der Waals surface area contributed by atoms with E-state index in [1.165, 1.54) is 6.08 Å². The number of likely N-dealkylation sites (tertiary alicyclic amines) is 1. The Hall–Kier alpha value is -2.19. The summed E-state index contributed by atoms with van der Waals surface area (Å²) in [5.74, 6) is -2.58. The Bertz CT molecular complexity index is 815. The van der Waals surface area contributed by atoms with Crippen molar-refractivity contribution in [1.82, 2.24) is 9.80 Å². The molecule has 2 amide bonds. The van der Waals surface area contributed by atoms with Crippen LogP contribution in [-0.2, 0) is 23.9 Å². The minimum absolute atomic E-state index is 0.0363. The van der Waals surface area contributed by atoms with Gasteiger partial charge in [-0.05, 0) is 25.2 Å². The molecule has 1 spiro atoms. The first-order chi connectivity index (χ1) is 16.8. The van der Waals surface area contributed by atoms with Gasteiger partial charge < -0.3 is 24.4 Å². The summed E-state index contributed by atoms with van der Waals surface area (Å²) in [7, 11) is 0. The molecule has 3 fully saturated rings. The van der Waals surface area contributed by atoms with Gasteiger partial charge in [-0.25, -0.2) is 0 Å². The zero-order valence-corrected chi connectivity index (χ0v) is 21.5. The summed E-state index contributed by atoms with van der Waals surface area (Å²) in [6, 6.07) is -1.44. The van der Waals surface area contributed by atoms with Gasteiger partial charge >= 0.3 is 5.97 Å². The lowest BCUT2D eigenvalue weighted by atomic mass is 9.70. The molecule has 3 aliphatic rings. The van der Waals surface area contributed by atoms with Crippen molar-refractivity contribution in [3.8, 4) is 0 Å². The first-order valence-electron chi connectivity index (χ1n) is 13.1. The third kappa shape index (κ3) is 4.79. The number of aliphatic hydroxyl groups is 1. The molecule has 0 saturated carbocycles. The summed E-state index contributed by atoms with van der Waals surface area (Å²) in [5, 5.41) is 10.4. The van der Waals surface area contributed by atoms with Crippen molar-refractivity contribution in [1.29, 1.82) is 0 Å². The van der Waals surface area contributed by atoms with E-state index in [-0.39, 0.29) is 30.9 Å². The fourth-order valence-corrected chi connectivity index (χ4v) is 6.22. The van der Waals surface area contributed by atoms with Gasteiger partial charge in [0, 0.05) is 13.1 Å². The van der Waals surface area contributed by atoms with E-state index in [1.807, 2.05) is 13.8 Å². The maximum atomic E-state index is 14.2. The number of esters is 1. The molecule has 0 aromatic rings. The second-order valence-electron chi connectivity index (χ2n) is 10.1. The number of rotatable bonds is 14. The average molecular weight is 491 g/mol. The van der Waals surface area contributed by atoms with E-state index in [9.17, 15) is 19.5 Å². The molecule has 7 atom stereocenters. The van der Waals surface area contributed by atoms with E-state index in [2.05, 4.69) is 20.1 Å². The van der Waals surface area contributed by atoms with Crippen LogP contribution in [0.4, 0.5) is 0 Å². The van der Waals surface area contributed by atoms with Crippen LogP contribution in [0.5, 0.6) is 0 Å². The highest BCUT2D eigenvalue weighted by Gasteiger charge is 2.75. The number of ether oxygens (including phenoxy) is 2. The van der Waals surface area contributed by atoms with Gasteiger partial charge in [-0.3, -0.25) is 14.4 Å². The van der Waals surface area contributed by atoms with Crippen molar-refractivity contribution in [2.24, 2.45) is 17.8 Å². The summed E-state index contributed by atoms with van der Waals surface area (Å²) < 4.78 is 11.8. The van der Waals surface area contributed by atoms with Crippen LogP contribution in [-0.4, -0.2) is 82.8 Å². The molecule has 3 rings (SSSR count). The van der Waals surface area contributed by atoms with Gasteiger partial charge in [-0.15, -0.1) is 6.58 Å². The molecule has 196 valence electrons. The van der Waals surface area contributed by atoms with Crippen molar-refractivity contribution in [2.45, 2.75) is 83.1 Å². The monoisotopic (exact) mass is 490 g/mol. The van der Waals surface area contributed by atoms with Crippen molar-refractivity contribution < 1.29 is 29.0 Å². The van der Waals surface area contributed by atoms with E-state index in [0.717, 1.165) is 25.7 Å². The van der Waals surface area contributed by atoms with Crippen LogP contribution in [0.1, 0.15) is 59.3 Å². The molecule has 3 aliphatic heterocycles. The molecule has 2 unspecified atom stereocenters. The number of carbonyl (C=O) groups is 3. The lowest BCUT2D eigenvalue weighted by molar-refractivity contribution is -0.156. The maximum absolute atomic E-state index is 14.2. The molecule has 3 saturated heterocycles. The average Bonchev–Trinajstić information content (AvgIpc) is 3.50. The Balaban J connectivity index is 2.05. The molecule has 1 N–H and O–H groups in total. The number of nitrogens with zero attached hydrogens (tertiary/aromatic N) is 2. The van der Waals surface area contributed by atoms with E-state index < -0.39 is 41.6 Å². The van der Waals surface area contributed by atoms with Gasteiger partial charge in [0.25, 0.3) is 0 Å². The minimum Gasteiger partial charge on any atom is -0.461 e. The summed E-state index contributed by atoms with van der Waals surface area (Å²) in [6.07, 6.45) is 7.42. The molecule has 8 heteroatoms. The Kier molecular flexibility index (Phi) is 9.16. The van der Waals surface area contributed by atoms with Crippen LogP contribution in [0.3, 0.4) is 0 Å². The van der Waals surface area contributed by atoms with E-state index >= 15 is 0 Å². The highest BCUT2D eigenvalue weighted by atomic mass is 16.6. The highest BCUT2D eigenvalue weighted by Crippen LogP contribution is 2.59. The second kappa shape index (κ2) is 11.7. The van der Waals surface area contributed by atoms with E-state index in [0.29, 0.717) is 25.9 Å². The molecule has 0 radical (unpaired) electrons. The Morgan fingerprint density at radius 3 is 2.66 bits per heavy atom. The Labute approximate surface area is 209 Å². The molecule has 0 aromatic heterocycles. The molecular formula is C27H42N2O6. The fourth-order valence-electron chi connectivity index (χ4n) is 6.22. The Morgan fingerprint density at radius 1 is 1.31 bits per heavy atom. The molecule has 35 heavy (non-hydrogen) atoms. The predicted octanol–water partition coefficient (Wildman–Crippen LogP) is 2.70. The summed E-state index contributed by atoms with van der Waals surface area (Å²) in [5.41, 5.74) is -1.10. The SMILES string of the molecule is C=CCOC(=O)[C@@H]1[C@H]2C(=O)N([C@@H](CO)[C@@H](C)CC)C(C(=O)N(CC=C)CCCCC)C23CC[C@H]1O3. The normalized spacial score (nSPS) is 30.6. The van der Waals surface area contributed by atoms with Gasteiger partial charge in [-0.1, -0.05) is 58.8 Å². The van der Waals surface area contributed by atoms with Gasteiger partial charge in [0.1, 0.15) is 18.2 Å². The third-order valence-electron chi connectivity index (χ3n) is 8.13. The van der Waals surface area contributed by atoms with Gasteiger partial charge in [0.15, 0.2) is 0 Å². The molecule has 0 aromatic carbocycles. The standard InChI is InChI=1S/C27H42N2O6/c1-6-10-11-15-28(14-7-2)25(32)23-27-13-12-20(35-27)21(26(33)34-16-8-3)22(27)24(31)29(23)19(17-30)18(5)9-4/h7-8,18-23,30H,2-3,6,9-17H2,1,4-5H3/t18-,19-,20+,21-,22-,23?,27?/m0/s1. The second-order valence-corrected chi connectivity index (χ2v) is 10.1. The molecule has 2 bridgehead atoms. The number of aliphatic hydroxyl groups excluding tert-OH is 1. The summed E-state index contributed by atoms with van der Waals surface area (Å²) in [6.45, 7) is 14.2. The number of amides is 2. The predicted molar refractivity (Wildman–Crippen MR) is 132 cm³/mol. The number of hydrogen-bond donors (Lipinski definition) is 1. The van der Waals surface area contributed by atoms with Crippen LogP contribution in [0, 0.1) is 17.8 Å². The topological polar surface area (TPSA) is 96.4 Å². The van der Waals surface area contributed by atoms with Crippen molar-refractivity contribution >= 4 is 17.8 Å². The van der Waals surface area contributed by atoms with Crippen molar-refractivity contribution in [2.75, 3.05) is 26.3 Å². The quantitative estimate of drug-likeness (QED) is 0.229. The summed E-state index contributed by atoms with van der Waals surface area (Å²) >= 11 is 0. The number of hydrogen-bond acceptors (Lipinski definition) is 6. The first kappa shape index (κ1) is 27.4. The molecular weight excluding hydrogens is 448 g/mol. The van der Waals surface area contributed by atoms with Gasteiger partial charge in [-0.2, -0.15) is 0 Å². The van der Waals surface area contributed by atoms with Crippen LogP contribution >= 0.6 is 0 Å². The number of carbonyl (C=O) groups excluding carboxylic acids is 3. The largest absolute Gasteiger partial charge is 0.461 e. The number of unbranched alkanes of at least 4 members (excludes halogenated alkanes) is 2. The van der Waals surface area contributed by atoms with Crippen LogP contribution in [0.25, 0.3) is 0 Å². The molecule has 8 nitrogen and oxygen atoms in total. The fraction of sp³-hybridized carbons (Fsp3) is 0.741. The van der Waals surface area contributed by atoms with Crippen molar-refractivity contribution in [3.05, 3.63) is 25.3 Å². The van der Waals surface area contributed by atoms with Crippen LogP contribution in [0.2, 0.25) is 0 Å². The lowest BCUT2D eigenvalue weighted by Gasteiger charge is -2.41. The van der Waals surface area contributed by atoms with Crippen LogP contribution < -0.4 is 0 Å². The van der Waals surface area contributed by atoms with Crippen LogP contribution in [0.15, 0.2) is 25.3 Å². The van der Waals surface area contributed by atoms with Crippen molar-refractivity contribution in [3.63, 3.8) is 0 Å². The maximum Gasteiger partial charge on any atom is 0.312 e. The molecule has 0 aliphatic carbocycles. The first-order valence-corrected chi connectivity index (χ1v) is 13.1. The van der Waals surface area contributed by atoms with E-state index in [4.69, 9.17) is 9.47 Å². The number of fused-ring (bicyclic) bond motifs is 1. The molecule has 3 heterocycles. The van der Waals surface area contributed by atoms with Gasteiger partial charge in [0.2, 0.25) is 11.8 Å². The van der Waals surface area contributed by atoms with Gasteiger partial charge in [0.05, 0.1) is 30.6 Å².